The van der Waals surface area contributed by atoms with Gasteiger partial charge in [-0.05, 0) is 0 Å². The van der Waals surface area contributed by atoms with Crippen LogP contribution in [0.1, 0.15) is 6.42 Å². The molecule has 1 aliphatic heterocycles. The Labute approximate surface area is 78.3 Å². The number of hydrogen-bond acceptors (Lipinski definition) is 4. The Hall–Kier alpha value is 0.570. The molecule has 0 bridgehead atoms. The number of aliphatic hydroxyl groups is 3. The molecule has 5 heteroatoms. The maximum absolute atomic E-state index is 9.26. The molecule has 11 heavy (non-hydrogen) atoms. The van der Waals surface area contributed by atoms with E-state index in [1.807, 2.05) is 22.6 Å². The molecule has 66 valence electrons. The molecular formula is C6H11IO4. The molecule has 3 N–H and O–H groups in total. The van der Waals surface area contributed by atoms with Crippen LogP contribution in [-0.4, -0.2) is 44.3 Å². The van der Waals surface area contributed by atoms with Gasteiger partial charge in [0.25, 0.3) is 0 Å². The highest BCUT2D eigenvalue weighted by atomic mass is 127. The molecule has 4 atom stereocenters. The summed E-state index contributed by atoms with van der Waals surface area (Å²) in [5.41, 5.74) is 0. The fourth-order valence-electron chi connectivity index (χ4n) is 1.06. The zero-order valence-corrected chi connectivity index (χ0v) is 8.01. The van der Waals surface area contributed by atoms with Crippen molar-refractivity contribution >= 4 is 22.6 Å². The summed E-state index contributed by atoms with van der Waals surface area (Å²) in [7, 11) is 0. The molecule has 0 radical (unpaired) electrons. The van der Waals surface area contributed by atoms with Crippen molar-refractivity contribution in [2.24, 2.45) is 0 Å². The van der Waals surface area contributed by atoms with Crippen LogP contribution < -0.4 is 0 Å². The molecule has 1 aliphatic rings. The number of halogens is 1. The van der Waals surface area contributed by atoms with Crippen molar-refractivity contribution in [3.05, 3.63) is 0 Å². The van der Waals surface area contributed by atoms with Gasteiger partial charge in [-0.2, -0.15) is 0 Å². The van der Waals surface area contributed by atoms with E-state index in [4.69, 9.17) is 14.9 Å². The van der Waals surface area contributed by atoms with Crippen LogP contribution in [0.25, 0.3) is 0 Å². The fourth-order valence-corrected chi connectivity index (χ4v) is 1.79. The summed E-state index contributed by atoms with van der Waals surface area (Å²) in [4.78, 5) is 0. The van der Waals surface area contributed by atoms with E-state index in [0.717, 1.165) is 0 Å². The third-order valence-corrected chi connectivity index (χ3v) is 2.57. The molecule has 0 aromatic carbocycles. The molecule has 1 saturated heterocycles. The van der Waals surface area contributed by atoms with Crippen LogP contribution in [-0.2, 0) is 4.74 Å². The van der Waals surface area contributed by atoms with Crippen LogP contribution in [0.4, 0.5) is 0 Å². The third-order valence-electron chi connectivity index (χ3n) is 1.70. The summed E-state index contributed by atoms with van der Waals surface area (Å²) < 4.78 is 5.52. The molecule has 4 nitrogen and oxygen atoms in total. The Balaban J connectivity index is 2.51. The summed E-state index contributed by atoms with van der Waals surface area (Å²) in [5, 5.41) is 27.4. The third kappa shape index (κ3) is 2.25. The van der Waals surface area contributed by atoms with E-state index >= 15 is 0 Å². The Morgan fingerprint density at radius 1 is 1.36 bits per heavy atom. The smallest absolute Gasteiger partial charge is 0.157 e. The Morgan fingerprint density at radius 3 is 2.55 bits per heavy atom. The number of rotatable bonds is 1. The second-order valence-electron chi connectivity index (χ2n) is 2.58. The first-order valence-electron chi connectivity index (χ1n) is 3.40. The second-order valence-corrected chi connectivity index (χ2v) is 3.46. The summed E-state index contributed by atoms with van der Waals surface area (Å²) in [6.45, 7) is 0. The van der Waals surface area contributed by atoms with Crippen LogP contribution in [0.2, 0.25) is 0 Å². The lowest BCUT2D eigenvalue weighted by Gasteiger charge is -2.33. The molecule has 1 fully saturated rings. The molecule has 0 spiro atoms. The van der Waals surface area contributed by atoms with E-state index in [0.29, 0.717) is 4.43 Å². The normalized spacial score (nSPS) is 45.8. The number of aliphatic hydroxyl groups excluding tert-OH is 3. The van der Waals surface area contributed by atoms with Crippen molar-refractivity contribution in [3.8, 4) is 0 Å². The first-order chi connectivity index (χ1) is 5.15. The van der Waals surface area contributed by atoms with Gasteiger partial charge in [0.1, 0.15) is 6.10 Å². The molecule has 1 heterocycles. The maximum atomic E-state index is 9.26. The summed E-state index contributed by atoms with van der Waals surface area (Å²) in [6.07, 6.45) is -3.02. The van der Waals surface area contributed by atoms with Crippen LogP contribution in [0.3, 0.4) is 0 Å². The zero-order chi connectivity index (χ0) is 8.43. The lowest BCUT2D eigenvalue weighted by molar-refractivity contribution is -0.224. The van der Waals surface area contributed by atoms with Crippen LogP contribution >= 0.6 is 22.6 Å². The van der Waals surface area contributed by atoms with E-state index in [-0.39, 0.29) is 6.42 Å². The fraction of sp³-hybridized carbons (Fsp3) is 1.00. The minimum absolute atomic E-state index is 0.0916. The largest absolute Gasteiger partial charge is 0.390 e. The molecule has 0 aromatic heterocycles. The van der Waals surface area contributed by atoms with Crippen molar-refractivity contribution in [2.75, 3.05) is 4.43 Å². The van der Waals surface area contributed by atoms with Crippen molar-refractivity contribution in [3.63, 3.8) is 0 Å². The van der Waals surface area contributed by atoms with Gasteiger partial charge >= 0.3 is 0 Å². The average Bonchev–Trinajstić information content (AvgIpc) is 1.96. The summed E-state index contributed by atoms with van der Waals surface area (Å²) >= 11 is 2.03. The van der Waals surface area contributed by atoms with E-state index in [1.165, 1.54) is 0 Å². The Morgan fingerprint density at radius 2 is 2.00 bits per heavy atom. The minimum atomic E-state index is -0.937. The molecule has 0 aliphatic carbocycles. The van der Waals surface area contributed by atoms with Crippen molar-refractivity contribution < 1.29 is 20.1 Å². The molecule has 0 amide bonds. The highest BCUT2D eigenvalue weighted by Gasteiger charge is 2.34. The standard InChI is InChI=1S/C6H11IO4/c7-2-4-6(10)3(8)1-5(9)11-4/h3-6,8-10H,1-2H2/t3-,4-,5-,6-/m1/s1. The van der Waals surface area contributed by atoms with Crippen molar-refractivity contribution in [1.82, 2.24) is 0 Å². The topological polar surface area (TPSA) is 69.9 Å². The lowest BCUT2D eigenvalue weighted by Crippen LogP contribution is -2.48. The van der Waals surface area contributed by atoms with Gasteiger partial charge in [0.05, 0.1) is 12.2 Å². The number of hydrogen-bond donors (Lipinski definition) is 3. The van der Waals surface area contributed by atoms with Crippen molar-refractivity contribution in [2.45, 2.75) is 31.0 Å². The predicted octanol–water partition coefficient (Wildman–Crippen LogP) is -0.750. The van der Waals surface area contributed by atoms with Gasteiger partial charge in [-0.15, -0.1) is 0 Å². The number of alkyl halides is 1. The molecule has 0 aromatic rings. The van der Waals surface area contributed by atoms with Gasteiger partial charge in [0.15, 0.2) is 6.29 Å². The lowest BCUT2D eigenvalue weighted by atomic mass is 10.0. The van der Waals surface area contributed by atoms with Gasteiger partial charge in [0, 0.05) is 10.8 Å². The van der Waals surface area contributed by atoms with Gasteiger partial charge in [0.2, 0.25) is 0 Å². The highest BCUT2D eigenvalue weighted by Crippen LogP contribution is 2.20. The maximum Gasteiger partial charge on any atom is 0.157 e. The highest BCUT2D eigenvalue weighted by molar-refractivity contribution is 14.1. The summed E-state index contributed by atoms with van der Waals surface area (Å²) in [6, 6.07) is 0. The predicted molar refractivity (Wildman–Crippen MR) is 46.4 cm³/mol. The van der Waals surface area contributed by atoms with E-state index in [1.54, 1.807) is 0 Å². The molecule has 0 unspecified atom stereocenters. The summed E-state index contributed by atoms with van der Waals surface area (Å²) in [5.74, 6) is 0. The molecular weight excluding hydrogens is 263 g/mol. The number of ether oxygens (including phenoxy) is 1. The molecule has 0 saturated carbocycles. The first-order valence-corrected chi connectivity index (χ1v) is 4.93. The zero-order valence-electron chi connectivity index (χ0n) is 5.85. The SMILES string of the molecule is O[C@@H]1[C@H](O)C[C@H](O)O[C@@H]1CI. The van der Waals surface area contributed by atoms with E-state index in [9.17, 15) is 5.11 Å². The van der Waals surface area contributed by atoms with Crippen LogP contribution in [0.15, 0.2) is 0 Å². The molecule has 1 rings (SSSR count). The Kier molecular flexibility index (Phi) is 3.51. The Bertz CT molecular complexity index is 132. The van der Waals surface area contributed by atoms with Gasteiger partial charge in [-0.1, -0.05) is 22.6 Å². The van der Waals surface area contributed by atoms with E-state index < -0.39 is 24.6 Å². The van der Waals surface area contributed by atoms with Gasteiger partial charge in [-0.25, -0.2) is 0 Å². The second kappa shape index (κ2) is 3.99. The minimum Gasteiger partial charge on any atom is -0.390 e. The van der Waals surface area contributed by atoms with E-state index in [2.05, 4.69) is 0 Å². The van der Waals surface area contributed by atoms with Crippen LogP contribution in [0, 0.1) is 0 Å². The monoisotopic (exact) mass is 274 g/mol. The van der Waals surface area contributed by atoms with Crippen LogP contribution in [0.5, 0.6) is 0 Å². The first kappa shape index (κ1) is 9.66. The van der Waals surface area contributed by atoms with Gasteiger partial charge < -0.3 is 20.1 Å². The van der Waals surface area contributed by atoms with Gasteiger partial charge in [-0.3, -0.25) is 0 Å². The quantitative estimate of drug-likeness (QED) is 0.435. The van der Waals surface area contributed by atoms with Crippen molar-refractivity contribution in [1.29, 1.82) is 0 Å². The average molecular weight is 274 g/mol.